The fourth-order valence-electron chi connectivity index (χ4n) is 3.23. The number of carboxylic acids is 1. The van der Waals surface area contributed by atoms with Gasteiger partial charge in [-0.05, 0) is 39.5 Å². The van der Waals surface area contributed by atoms with E-state index in [4.69, 9.17) is 4.74 Å². The van der Waals surface area contributed by atoms with Gasteiger partial charge < -0.3 is 19.6 Å². The van der Waals surface area contributed by atoms with Gasteiger partial charge >= 0.3 is 12.0 Å². The molecule has 2 fully saturated rings. The molecule has 1 N–H and O–H groups in total. The molecule has 6 nitrogen and oxygen atoms in total. The Morgan fingerprint density at radius 3 is 2.48 bits per heavy atom. The van der Waals surface area contributed by atoms with E-state index >= 15 is 0 Å². The van der Waals surface area contributed by atoms with Crippen LogP contribution in [0, 0.1) is 5.41 Å². The number of amides is 2. The first-order valence-electron chi connectivity index (χ1n) is 7.85. The van der Waals surface area contributed by atoms with Gasteiger partial charge in [0.25, 0.3) is 0 Å². The molecule has 2 rings (SSSR count). The molecule has 120 valence electrons. The average Bonchev–Trinajstić information content (AvgIpc) is 2.47. The van der Waals surface area contributed by atoms with Crippen molar-refractivity contribution in [1.82, 2.24) is 9.80 Å². The van der Waals surface area contributed by atoms with Gasteiger partial charge in [-0.2, -0.15) is 0 Å². The minimum absolute atomic E-state index is 0.0166. The smallest absolute Gasteiger partial charge is 0.320 e. The molecule has 0 bridgehead atoms. The SMILES string of the molecule is CCOC1CCN(C(=O)N2CCCC(C)(C(=O)O)C2)CC1. The molecule has 0 spiro atoms. The van der Waals surface area contributed by atoms with Crippen molar-refractivity contribution < 1.29 is 19.4 Å². The lowest BCUT2D eigenvalue weighted by molar-refractivity contribution is -0.150. The van der Waals surface area contributed by atoms with Crippen LogP contribution in [0.25, 0.3) is 0 Å². The number of piperidine rings is 2. The molecule has 0 aromatic carbocycles. The molecule has 1 unspecified atom stereocenters. The van der Waals surface area contributed by atoms with Crippen molar-refractivity contribution in [2.75, 3.05) is 32.8 Å². The Bertz CT molecular complexity index is 393. The third-order valence-electron chi connectivity index (χ3n) is 4.60. The van der Waals surface area contributed by atoms with E-state index in [0.29, 0.717) is 39.2 Å². The first-order valence-corrected chi connectivity index (χ1v) is 7.85. The molecule has 6 heteroatoms. The van der Waals surface area contributed by atoms with Crippen LogP contribution in [0.5, 0.6) is 0 Å². The van der Waals surface area contributed by atoms with Crippen LogP contribution in [0.3, 0.4) is 0 Å². The van der Waals surface area contributed by atoms with Crippen LogP contribution in [-0.4, -0.2) is 65.8 Å². The number of carbonyl (C=O) groups is 2. The maximum absolute atomic E-state index is 12.5. The molecular formula is C15H26N2O4. The molecule has 2 amide bonds. The lowest BCUT2D eigenvalue weighted by Gasteiger charge is -2.41. The van der Waals surface area contributed by atoms with Gasteiger partial charge in [0.1, 0.15) is 0 Å². The Balaban J connectivity index is 1.90. The molecule has 0 aromatic rings. The Morgan fingerprint density at radius 1 is 1.24 bits per heavy atom. The van der Waals surface area contributed by atoms with E-state index in [1.54, 1.807) is 11.8 Å². The van der Waals surface area contributed by atoms with E-state index < -0.39 is 11.4 Å². The van der Waals surface area contributed by atoms with Crippen molar-refractivity contribution in [1.29, 1.82) is 0 Å². The molecule has 0 radical (unpaired) electrons. The van der Waals surface area contributed by atoms with Gasteiger partial charge in [0.15, 0.2) is 0 Å². The second kappa shape index (κ2) is 6.64. The molecule has 2 aliphatic heterocycles. The molecule has 2 saturated heterocycles. The quantitative estimate of drug-likeness (QED) is 0.862. The predicted octanol–water partition coefficient (Wildman–Crippen LogP) is 1.79. The zero-order valence-corrected chi connectivity index (χ0v) is 13.0. The normalized spacial score (nSPS) is 27.7. The summed E-state index contributed by atoms with van der Waals surface area (Å²) in [6.45, 7) is 6.79. The fraction of sp³-hybridized carbons (Fsp3) is 0.867. The Kier molecular flexibility index (Phi) is 5.08. The number of aliphatic carboxylic acids is 1. The molecule has 0 aromatic heterocycles. The first kappa shape index (κ1) is 16.1. The van der Waals surface area contributed by atoms with Gasteiger partial charge in [-0.25, -0.2) is 4.79 Å². The van der Waals surface area contributed by atoms with Crippen LogP contribution in [0.1, 0.15) is 39.5 Å². The summed E-state index contributed by atoms with van der Waals surface area (Å²) in [5, 5.41) is 9.33. The Labute approximate surface area is 126 Å². The van der Waals surface area contributed by atoms with Gasteiger partial charge in [-0.1, -0.05) is 0 Å². The molecule has 21 heavy (non-hydrogen) atoms. The first-order chi connectivity index (χ1) is 9.96. The number of hydrogen-bond acceptors (Lipinski definition) is 3. The van der Waals surface area contributed by atoms with Crippen molar-refractivity contribution in [3.05, 3.63) is 0 Å². The Hall–Kier alpha value is -1.30. The monoisotopic (exact) mass is 298 g/mol. The number of rotatable bonds is 3. The van der Waals surface area contributed by atoms with Crippen LogP contribution in [-0.2, 0) is 9.53 Å². The molecule has 0 saturated carbocycles. The molecule has 1 atom stereocenters. The molecular weight excluding hydrogens is 272 g/mol. The van der Waals surface area contributed by atoms with E-state index in [9.17, 15) is 14.7 Å². The highest BCUT2D eigenvalue weighted by Gasteiger charge is 2.40. The van der Waals surface area contributed by atoms with Crippen LogP contribution >= 0.6 is 0 Å². The highest BCUT2D eigenvalue weighted by atomic mass is 16.5. The summed E-state index contributed by atoms with van der Waals surface area (Å²) in [5.74, 6) is -0.810. The zero-order valence-electron chi connectivity index (χ0n) is 13.0. The standard InChI is InChI=1S/C15H26N2O4/c1-3-21-12-5-9-16(10-6-12)14(20)17-8-4-7-15(2,11-17)13(18)19/h12H,3-11H2,1-2H3,(H,18,19). The minimum atomic E-state index is -0.810. The summed E-state index contributed by atoms with van der Waals surface area (Å²) < 4.78 is 5.59. The number of nitrogens with zero attached hydrogens (tertiary/aromatic N) is 2. The average molecular weight is 298 g/mol. The highest BCUT2D eigenvalue weighted by Crippen LogP contribution is 2.30. The van der Waals surface area contributed by atoms with E-state index in [0.717, 1.165) is 19.3 Å². The van der Waals surface area contributed by atoms with Crippen molar-refractivity contribution in [3.8, 4) is 0 Å². The minimum Gasteiger partial charge on any atom is -0.481 e. The lowest BCUT2D eigenvalue weighted by atomic mass is 9.82. The summed E-state index contributed by atoms with van der Waals surface area (Å²) in [7, 11) is 0. The number of likely N-dealkylation sites (tertiary alicyclic amines) is 2. The van der Waals surface area contributed by atoms with Crippen molar-refractivity contribution >= 4 is 12.0 Å². The topological polar surface area (TPSA) is 70.1 Å². The van der Waals surface area contributed by atoms with E-state index in [2.05, 4.69) is 0 Å². The summed E-state index contributed by atoms with van der Waals surface area (Å²) in [6.07, 6.45) is 3.38. The summed E-state index contributed by atoms with van der Waals surface area (Å²) >= 11 is 0. The van der Waals surface area contributed by atoms with Crippen LogP contribution in [0.4, 0.5) is 4.79 Å². The lowest BCUT2D eigenvalue weighted by Crippen LogP contribution is -2.54. The van der Waals surface area contributed by atoms with Crippen LogP contribution in [0.2, 0.25) is 0 Å². The van der Waals surface area contributed by atoms with Crippen molar-refractivity contribution in [2.45, 2.75) is 45.6 Å². The van der Waals surface area contributed by atoms with Crippen LogP contribution in [0.15, 0.2) is 0 Å². The third-order valence-corrected chi connectivity index (χ3v) is 4.60. The number of carbonyl (C=O) groups excluding carboxylic acids is 1. The summed E-state index contributed by atoms with van der Waals surface area (Å²) in [5.41, 5.74) is -0.808. The second-order valence-electron chi connectivity index (χ2n) is 6.32. The van der Waals surface area contributed by atoms with Gasteiger partial charge in [0.2, 0.25) is 0 Å². The van der Waals surface area contributed by atoms with Gasteiger partial charge in [-0.3, -0.25) is 4.79 Å². The van der Waals surface area contributed by atoms with E-state index in [-0.39, 0.29) is 12.1 Å². The maximum atomic E-state index is 12.5. The largest absolute Gasteiger partial charge is 0.481 e. The molecule has 2 aliphatic rings. The molecule has 0 aliphatic carbocycles. The summed E-state index contributed by atoms with van der Waals surface area (Å²) in [4.78, 5) is 27.5. The molecule has 2 heterocycles. The second-order valence-corrected chi connectivity index (χ2v) is 6.32. The fourth-order valence-corrected chi connectivity index (χ4v) is 3.23. The van der Waals surface area contributed by atoms with Gasteiger partial charge in [0, 0.05) is 32.8 Å². The number of carboxylic acid groups (broad SMARTS) is 1. The van der Waals surface area contributed by atoms with E-state index in [1.807, 2.05) is 11.8 Å². The highest BCUT2D eigenvalue weighted by molar-refractivity contribution is 5.78. The zero-order chi connectivity index (χ0) is 15.5. The predicted molar refractivity (Wildman–Crippen MR) is 78.2 cm³/mol. The van der Waals surface area contributed by atoms with Gasteiger partial charge in [0.05, 0.1) is 11.5 Å². The van der Waals surface area contributed by atoms with Crippen molar-refractivity contribution in [3.63, 3.8) is 0 Å². The third kappa shape index (κ3) is 3.67. The Morgan fingerprint density at radius 2 is 1.90 bits per heavy atom. The number of urea groups is 1. The summed E-state index contributed by atoms with van der Waals surface area (Å²) in [6, 6.07) is -0.0166. The number of hydrogen-bond donors (Lipinski definition) is 1. The van der Waals surface area contributed by atoms with Crippen molar-refractivity contribution in [2.24, 2.45) is 5.41 Å². The van der Waals surface area contributed by atoms with Crippen LogP contribution < -0.4 is 0 Å². The van der Waals surface area contributed by atoms with E-state index in [1.165, 1.54) is 0 Å². The maximum Gasteiger partial charge on any atom is 0.320 e. The van der Waals surface area contributed by atoms with Gasteiger partial charge in [-0.15, -0.1) is 0 Å². The number of ether oxygens (including phenoxy) is 1.